The van der Waals surface area contributed by atoms with Crippen molar-refractivity contribution >= 4 is 5.82 Å². The molecule has 0 saturated carbocycles. The van der Waals surface area contributed by atoms with Gasteiger partial charge < -0.3 is 9.88 Å². The molecule has 3 aromatic heterocycles. The van der Waals surface area contributed by atoms with Gasteiger partial charge in [0.25, 0.3) is 0 Å². The number of fused-ring (bicyclic) bond motifs is 1. The number of rotatable bonds is 4. The molecule has 4 rings (SSSR count). The second-order valence-electron chi connectivity index (χ2n) is 5.77. The third-order valence-electron chi connectivity index (χ3n) is 4.00. The molecule has 0 fully saturated rings. The first-order valence-corrected chi connectivity index (χ1v) is 7.75. The van der Waals surface area contributed by atoms with Crippen molar-refractivity contribution in [1.82, 2.24) is 34.7 Å². The lowest BCUT2D eigenvalue weighted by atomic mass is 10.3. The molecular weight excluding hydrogens is 292 g/mol. The molecule has 0 amide bonds. The molecule has 8 nitrogen and oxygen atoms in total. The van der Waals surface area contributed by atoms with Crippen molar-refractivity contribution in [1.29, 1.82) is 0 Å². The minimum Gasteiger partial charge on any atom is -0.359 e. The molecule has 4 heterocycles. The molecule has 0 spiro atoms. The van der Waals surface area contributed by atoms with Crippen LogP contribution in [0.1, 0.15) is 36.7 Å². The quantitative estimate of drug-likeness (QED) is 0.789. The third kappa shape index (κ3) is 2.56. The van der Waals surface area contributed by atoms with Crippen molar-refractivity contribution in [2.45, 2.75) is 39.3 Å². The van der Waals surface area contributed by atoms with Crippen LogP contribution in [0, 0.1) is 6.92 Å². The van der Waals surface area contributed by atoms with Gasteiger partial charge in [0.05, 0.1) is 11.7 Å². The molecule has 0 unspecified atom stereocenters. The summed E-state index contributed by atoms with van der Waals surface area (Å²) in [6.07, 6.45) is 4.02. The lowest BCUT2D eigenvalue weighted by Crippen LogP contribution is -2.14. The van der Waals surface area contributed by atoms with E-state index >= 15 is 0 Å². The van der Waals surface area contributed by atoms with Crippen molar-refractivity contribution in [3.05, 3.63) is 41.7 Å². The fourth-order valence-electron chi connectivity index (χ4n) is 2.85. The minimum absolute atomic E-state index is 0.0291. The van der Waals surface area contributed by atoms with Crippen molar-refractivity contribution in [2.75, 3.05) is 5.32 Å². The number of nitrogens with one attached hydrogen (secondary N) is 1. The fourth-order valence-corrected chi connectivity index (χ4v) is 2.85. The summed E-state index contributed by atoms with van der Waals surface area (Å²) < 4.78 is 3.90. The summed E-state index contributed by atoms with van der Waals surface area (Å²) >= 11 is 0. The maximum atomic E-state index is 4.32. The predicted molar refractivity (Wildman–Crippen MR) is 84.3 cm³/mol. The lowest BCUT2D eigenvalue weighted by molar-refractivity contribution is 0.650. The molecule has 0 bridgehead atoms. The van der Waals surface area contributed by atoms with Crippen LogP contribution in [0.2, 0.25) is 0 Å². The smallest absolute Gasteiger partial charge is 0.175 e. The summed E-state index contributed by atoms with van der Waals surface area (Å²) in [5, 5.41) is 24.6. The zero-order valence-corrected chi connectivity index (χ0v) is 13.1. The van der Waals surface area contributed by atoms with E-state index in [9.17, 15) is 0 Å². The first kappa shape index (κ1) is 13.9. The second-order valence-corrected chi connectivity index (χ2v) is 5.77. The Balaban J connectivity index is 1.50. The molecular formula is C15H18N8. The molecule has 1 N–H and O–H groups in total. The van der Waals surface area contributed by atoms with E-state index in [1.54, 1.807) is 4.68 Å². The summed E-state index contributed by atoms with van der Waals surface area (Å²) in [4.78, 5) is 0. The zero-order valence-electron chi connectivity index (χ0n) is 13.1. The van der Waals surface area contributed by atoms with Crippen molar-refractivity contribution in [2.24, 2.45) is 0 Å². The number of nitrogens with zero attached hydrogens (tertiary/aromatic N) is 7. The van der Waals surface area contributed by atoms with Gasteiger partial charge in [-0.3, -0.25) is 0 Å². The van der Waals surface area contributed by atoms with Crippen LogP contribution < -0.4 is 5.32 Å². The summed E-state index contributed by atoms with van der Waals surface area (Å²) in [7, 11) is 0. The molecule has 0 aromatic carbocycles. The predicted octanol–water partition coefficient (Wildman–Crippen LogP) is 1.68. The maximum Gasteiger partial charge on any atom is 0.175 e. The van der Waals surface area contributed by atoms with Gasteiger partial charge in [-0.15, -0.1) is 20.4 Å². The van der Waals surface area contributed by atoms with Gasteiger partial charge in [0.2, 0.25) is 0 Å². The third-order valence-corrected chi connectivity index (χ3v) is 4.00. The Morgan fingerprint density at radius 2 is 2.04 bits per heavy atom. The van der Waals surface area contributed by atoms with Crippen LogP contribution in [-0.2, 0) is 13.0 Å². The van der Waals surface area contributed by atoms with E-state index in [4.69, 9.17) is 0 Å². The van der Waals surface area contributed by atoms with Crippen LogP contribution in [0.5, 0.6) is 0 Å². The molecule has 0 radical (unpaired) electrons. The summed E-state index contributed by atoms with van der Waals surface area (Å²) in [6.45, 7) is 4.99. The van der Waals surface area contributed by atoms with Gasteiger partial charge in [-0.2, -0.15) is 5.10 Å². The molecule has 1 atom stereocenters. The molecule has 3 aromatic rings. The molecule has 1 aliphatic heterocycles. The Morgan fingerprint density at radius 3 is 2.78 bits per heavy atom. The van der Waals surface area contributed by atoms with E-state index in [1.807, 2.05) is 31.3 Å². The van der Waals surface area contributed by atoms with Gasteiger partial charge in [0, 0.05) is 19.2 Å². The van der Waals surface area contributed by atoms with Gasteiger partial charge in [0.15, 0.2) is 11.6 Å². The normalized spacial score (nSPS) is 14.7. The topological polar surface area (TPSA) is 86.3 Å². The standard InChI is InChI=1S/C15H18N8/c1-10-7-9-23(21-10)14-6-5-12(17-19-14)16-11(2)15-20-18-13-4-3-8-22(13)15/h5-7,9,11H,3-4,8H2,1-2H3,(H,16,17)/t11-/m1/s1. The SMILES string of the molecule is Cc1ccn(-c2ccc(N[C@H](C)c3nnc4n3CCC4)nn2)n1. The zero-order chi connectivity index (χ0) is 15.8. The van der Waals surface area contributed by atoms with E-state index in [2.05, 4.69) is 42.3 Å². The van der Waals surface area contributed by atoms with Gasteiger partial charge in [-0.25, -0.2) is 4.68 Å². The molecule has 118 valence electrons. The van der Waals surface area contributed by atoms with Crippen LogP contribution in [0.25, 0.3) is 5.82 Å². The Labute approximate surface area is 133 Å². The average molecular weight is 310 g/mol. The Hall–Kier alpha value is -2.77. The molecule has 1 aliphatic rings. The van der Waals surface area contributed by atoms with Crippen LogP contribution in [0.4, 0.5) is 5.82 Å². The highest BCUT2D eigenvalue weighted by Crippen LogP contribution is 2.21. The largest absolute Gasteiger partial charge is 0.359 e. The van der Waals surface area contributed by atoms with Crippen LogP contribution in [-0.4, -0.2) is 34.7 Å². The molecule has 8 heteroatoms. The van der Waals surface area contributed by atoms with E-state index in [0.29, 0.717) is 11.6 Å². The van der Waals surface area contributed by atoms with Gasteiger partial charge in [0.1, 0.15) is 11.6 Å². The highest BCUT2D eigenvalue weighted by atomic mass is 15.4. The van der Waals surface area contributed by atoms with Gasteiger partial charge in [-0.1, -0.05) is 0 Å². The first-order chi connectivity index (χ1) is 11.2. The van der Waals surface area contributed by atoms with E-state index in [-0.39, 0.29) is 6.04 Å². The average Bonchev–Trinajstić information content (AvgIpc) is 3.24. The fraction of sp³-hybridized carbons (Fsp3) is 0.400. The van der Waals surface area contributed by atoms with Crippen molar-refractivity contribution < 1.29 is 0 Å². The molecule has 0 saturated heterocycles. The number of hydrogen-bond acceptors (Lipinski definition) is 6. The van der Waals surface area contributed by atoms with Crippen LogP contribution >= 0.6 is 0 Å². The summed E-state index contributed by atoms with van der Waals surface area (Å²) in [5.41, 5.74) is 0.947. The van der Waals surface area contributed by atoms with Crippen molar-refractivity contribution in [3.8, 4) is 5.82 Å². The number of aryl methyl sites for hydroxylation is 2. The van der Waals surface area contributed by atoms with Crippen LogP contribution in [0.3, 0.4) is 0 Å². The van der Waals surface area contributed by atoms with Gasteiger partial charge in [-0.05, 0) is 38.5 Å². The van der Waals surface area contributed by atoms with Crippen LogP contribution in [0.15, 0.2) is 24.4 Å². The van der Waals surface area contributed by atoms with Crippen molar-refractivity contribution in [3.63, 3.8) is 0 Å². The molecule has 23 heavy (non-hydrogen) atoms. The number of hydrogen-bond donors (Lipinski definition) is 1. The summed E-state index contributed by atoms with van der Waals surface area (Å²) in [5.74, 6) is 3.43. The van der Waals surface area contributed by atoms with E-state index in [0.717, 1.165) is 36.7 Å². The van der Waals surface area contributed by atoms with Gasteiger partial charge >= 0.3 is 0 Å². The molecule has 0 aliphatic carbocycles. The monoisotopic (exact) mass is 310 g/mol. The van der Waals surface area contributed by atoms with E-state index < -0.39 is 0 Å². The Kier molecular flexibility index (Phi) is 3.29. The second kappa shape index (κ2) is 5.45. The number of aromatic nitrogens is 7. The Morgan fingerprint density at radius 1 is 1.13 bits per heavy atom. The minimum atomic E-state index is 0.0291. The van der Waals surface area contributed by atoms with E-state index in [1.165, 1.54) is 0 Å². The first-order valence-electron chi connectivity index (χ1n) is 7.75. The highest BCUT2D eigenvalue weighted by Gasteiger charge is 2.21. The summed E-state index contributed by atoms with van der Waals surface area (Å²) in [6, 6.07) is 5.75. The number of anilines is 1. The maximum absolute atomic E-state index is 4.32. The Bertz CT molecular complexity index is 816. The lowest BCUT2D eigenvalue weighted by Gasteiger charge is -2.14. The highest BCUT2D eigenvalue weighted by molar-refractivity contribution is 5.38.